The van der Waals surface area contributed by atoms with Crippen molar-refractivity contribution in [2.75, 3.05) is 11.9 Å². The number of H-pyrrole nitrogens is 1. The Morgan fingerprint density at radius 1 is 1.23 bits per heavy atom. The van der Waals surface area contributed by atoms with Gasteiger partial charge in [0.15, 0.2) is 5.69 Å². The second kappa shape index (κ2) is 8.19. The van der Waals surface area contributed by atoms with Gasteiger partial charge in [0.05, 0.1) is 16.9 Å². The van der Waals surface area contributed by atoms with Crippen LogP contribution in [0.4, 0.5) is 10.6 Å². The molecule has 30 heavy (non-hydrogen) atoms. The minimum Gasteiger partial charge on any atom is -0.354 e. The molecule has 0 spiro atoms. The predicted octanol–water partition coefficient (Wildman–Crippen LogP) is 1.46. The monoisotopic (exact) mass is 407 g/mol. The maximum Gasteiger partial charge on any atom is 0.320 e. The largest absolute Gasteiger partial charge is 0.354 e. The number of rotatable bonds is 5. The van der Waals surface area contributed by atoms with Crippen LogP contribution in [0.5, 0.6) is 0 Å². The van der Waals surface area contributed by atoms with Crippen molar-refractivity contribution < 1.29 is 14.4 Å². The van der Waals surface area contributed by atoms with Crippen molar-refractivity contribution >= 4 is 34.6 Å². The summed E-state index contributed by atoms with van der Waals surface area (Å²) in [5, 5.41) is 18.1. The van der Waals surface area contributed by atoms with Crippen molar-refractivity contribution in [3.63, 3.8) is 0 Å². The molecule has 0 bridgehead atoms. The molecule has 4 rings (SSSR count). The summed E-state index contributed by atoms with van der Waals surface area (Å²) in [5.74, 6) is -0.352. The van der Waals surface area contributed by atoms with E-state index in [0.29, 0.717) is 29.7 Å². The SMILES string of the molecule is CC(NC(=O)Nc1cc2[nH]nc(C(=O)NC3CCNC3=O)c2cn1)c1ccccc1. The standard InChI is InChI=1S/C20H21N7O3/c1-11(12-5-3-2-4-6-12)23-20(30)25-16-9-15-13(10-22-16)17(27-26-15)19(29)24-14-7-8-21-18(14)28/h2-6,9-11,14H,7-8H2,1H3,(H,21,28)(H,24,29)(H,26,27)(H2,22,23,25,30). The summed E-state index contributed by atoms with van der Waals surface area (Å²) >= 11 is 0. The number of aromatic amines is 1. The Hall–Kier alpha value is -3.95. The van der Waals surface area contributed by atoms with Crippen LogP contribution in [0.2, 0.25) is 0 Å². The fourth-order valence-corrected chi connectivity index (χ4v) is 3.29. The first-order valence-electron chi connectivity index (χ1n) is 9.56. The molecule has 0 saturated carbocycles. The molecule has 1 fully saturated rings. The zero-order chi connectivity index (χ0) is 21.1. The van der Waals surface area contributed by atoms with E-state index < -0.39 is 18.0 Å². The summed E-state index contributed by atoms with van der Waals surface area (Å²) in [6, 6.07) is 10.0. The van der Waals surface area contributed by atoms with Crippen molar-refractivity contribution in [3.05, 3.63) is 53.9 Å². The fourth-order valence-electron chi connectivity index (χ4n) is 3.29. The molecule has 1 aliphatic heterocycles. The normalized spacial score (nSPS) is 16.7. The summed E-state index contributed by atoms with van der Waals surface area (Å²) < 4.78 is 0. The Kier molecular flexibility index (Phi) is 5.29. The molecule has 5 N–H and O–H groups in total. The lowest BCUT2D eigenvalue weighted by molar-refractivity contribution is -0.120. The summed E-state index contributed by atoms with van der Waals surface area (Å²) in [6.45, 7) is 2.42. The van der Waals surface area contributed by atoms with Gasteiger partial charge in [-0.15, -0.1) is 0 Å². The Balaban J connectivity index is 1.42. The van der Waals surface area contributed by atoms with Gasteiger partial charge in [0.25, 0.3) is 5.91 Å². The molecule has 1 saturated heterocycles. The lowest BCUT2D eigenvalue weighted by Crippen LogP contribution is -2.40. The van der Waals surface area contributed by atoms with Crippen molar-refractivity contribution in [2.45, 2.75) is 25.4 Å². The summed E-state index contributed by atoms with van der Waals surface area (Å²) in [4.78, 5) is 40.6. The van der Waals surface area contributed by atoms with E-state index in [-0.39, 0.29) is 17.6 Å². The van der Waals surface area contributed by atoms with Gasteiger partial charge in [0, 0.05) is 18.8 Å². The summed E-state index contributed by atoms with van der Waals surface area (Å²) in [6.07, 6.45) is 1.99. The van der Waals surface area contributed by atoms with Gasteiger partial charge in [-0.05, 0) is 18.9 Å². The van der Waals surface area contributed by atoms with Crippen LogP contribution in [0.1, 0.15) is 35.4 Å². The van der Waals surface area contributed by atoms with Crippen LogP contribution in [-0.2, 0) is 4.79 Å². The smallest absolute Gasteiger partial charge is 0.320 e. The molecule has 10 nitrogen and oxygen atoms in total. The number of nitrogens with zero attached hydrogens (tertiary/aromatic N) is 2. The molecule has 10 heteroatoms. The summed E-state index contributed by atoms with van der Waals surface area (Å²) in [5.41, 5.74) is 1.67. The molecule has 154 valence electrons. The lowest BCUT2D eigenvalue weighted by atomic mass is 10.1. The Morgan fingerprint density at radius 3 is 2.77 bits per heavy atom. The van der Waals surface area contributed by atoms with E-state index in [1.807, 2.05) is 37.3 Å². The van der Waals surface area contributed by atoms with Crippen LogP contribution < -0.4 is 21.3 Å². The van der Waals surface area contributed by atoms with Crippen LogP contribution >= 0.6 is 0 Å². The summed E-state index contributed by atoms with van der Waals surface area (Å²) in [7, 11) is 0. The van der Waals surface area contributed by atoms with E-state index in [4.69, 9.17) is 0 Å². The van der Waals surface area contributed by atoms with Gasteiger partial charge in [-0.2, -0.15) is 5.10 Å². The van der Waals surface area contributed by atoms with E-state index in [2.05, 4.69) is 36.4 Å². The number of fused-ring (bicyclic) bond motifs is 1. The minimum absolute atomic E-state index is 0.144. The molecule has 2 unspecified atom stereocenters. The van der Waals surface area contributed by atoms with Crippen molar-refractivity contribution in [1.29, 1.82) is 0 Å². The Morgan fingerprint density at radius 2 is 2.03 bits per heavy atom. The van der Waals surface area contributed by atoms with Crippen LogP contribution in [0.3, 0.4) is 0 Å². The Bertz CT molecular complexity index is 1100. The van der Waals surface area contributed by atoms with E-state index in [0.717, 1.165) is 5.56 Å². The van der Waals surface area contributed by atoms with E-state index in [1.54, 1.807) is 6.07 Å². The molecule has 0 radical (unpaired) electrons. The average Bonchev–Trinajstić information content (AvgIpc) is 3.34. The third kappa shape index (κ3) is 4.07. The first kappa shape index (κ1) is 19.4. The highest BCUT2D eigenvalue weighted by Crippen LogP contribution is 2.19. The number of carbonyl (C=O) groups excluding carboxylic acids is 3. The number of hydrogen-bond donors (Lipinski definition) is 5. The number of amides is 4. The molecule has 3 heterocycles. The quantitative estimate of drug-likeness (QED) is 0.435. The van der Waals surface area contributed by atoms with Gasteiger partial charge in [-0.3, -0.25) is 20.0 Å². The zero-order valence-corrected chi connectivity index (χ0v) is 16.2. The highest BCUT2D eigenvalue weighted by atomic mass is 16.2. The van der Waals surface area contributed by atoms with Gasteiger partial charge in [0.1, 0.15) is 11.9 Å². The highest BCUT2D eigenvalue weighted by Gasteiger charge is 2.27. The van der Waals surface area contributed by atoms with Crippen LogP contribution in [0.25, 0.3) is 10.9 Å². The highest BCUT2D eigenvalue weighted by molar-refractivity contribution is 6.06. The van der Waals surface area contributed by atoms with Crippen molar-refractivity contribution in [3.8, 4) is 0 Å². The molecule has 1 aromatic carbocycles. The number of urea groups is 1. The Labute approximate surface area is 171 Å². The third-order valence-corrected chi connectivity index (χ3v) is 4.91. The van der Waals surface area contributed by atoms with Gasteiger partial charge in [0.2, 0.25) is 5.91 Å². The maximum absolute atomic E-state index is 12.5. The molecular formula is C20H21N7O3. The maximum atomic E-state index is 12.5. The number of aromatic nitrogens is 3. The molecule has 0 aliphatic carbocycles. The van der Waals surface area contributed by atoms with Crippen LogP contribution in [-0.4, -0.2) is 45.6 Å². The van der Waals surface area contributed by atoms with Crippen molar-refractivity contribution in [1.82, 2.24) is 31.1 Å². The van der Waals surface area contributed by atoms with Crippen LogP contribution in [0, 0.1) is 0 Å². The third-order valence-electron chi connectivity index (χ3n) is 4.91. The molecule has 2 aromatic heterocycles. The number of carbonyl (C=O) groups is 3. The fraction of sp³-hybridized carbons (Fsp3) is 0.250. The molecule has 4 amide bonds. The second-order valence-corrected chi connectivity index (χ2v) is 7.02. The average molecular weight is 407 g/mol. The van der Waals surface area contributed by atoms with E-state index in [1.165, 1.54) is 6.20 Å². The number of nitrogens with one attached hydrogen (secondary N) is 5. The minimum atomic E-state index is -0.562. The second-order valence-electron chi connectivity index (χ2n) is 7.02. The first-order valence-corrected chi connectivity index (χ1v) is 9.56. The number of pyridine rings is 1. The van der Waals surface area contributed by atoms with Gasteiger partial charge in [-0.1, -0.05) is 30.3 Å². The lowest BCUT2D eigenvalue weighted by Gasteiger charge is -2.14. The van der Waals surface area contributed by atoms with Gasteiger partial charge in [-0.25, -0.2) is 9.78 Å². The number of hydrogen-bond acceptors (Lipinski definition) is 5. The predicted molar refractivity (Wildman–Crippen MR) is 110 cm³/mol. The van der Waals surface area contributed by atoms with Crippen molar-refractivity contribution in [2.24, 2.45) is 0 Å². The zero-order valence-electron chi connectivity index (χ0n) is 16.2. The molecule has 1 aliphatic rings. The van der Waals surface area contributed by atoms with Crippen LogP contribution in [0.15, 0.2) is 42.6 Å². The number of anilines is 1. The molecule has 2 atom stereocenters. The van der Waals surface area contributed by atoms with Gasteiger partial charge < -0.3 is 16.0 Å². The van der Waals surface area contributed by atoms with E-state index in [9.17, 15) is 14.4 Å². The number of benzene rings is 1. The molecule has 3 aromatic rings. The van der Waals surface area contributed by atoms with Gasteiger partial charge >= 0.3 is 6.03 Å². The first-order chi connectivity index (χ1) is 14.5. The topological polar surface area (TPSA) is 141 Å². The molecular weight excluding hydrogens is 386 g/mol. The van der Waals surface area contributed by atoms with E-state index >= 15 is 0 Å².